The van der Waals surface area contributed by atoms with E-state index < -0.39 is 0 Å². The number of hydrogen-bond donors (Lipinski definition) is 1. The molecule has 2 aromatic rings. The third-order valence-corrected chi connectivity index (χ3v) is 4.97. The molecular formula is C12H8Br2IN3O. The van der Waals surface area contributed by atoms with Crippen molar-refractivity contribution >= 4 is 54.5 Å². The highest BCUT2D eigenvalue weighted by Crippen LogP contribution is 2.40. The minimum absolute atomic E-state index is 0.0934. The lowest BCUT2D eigenvalue weighted by atomic mass is 10.2. The SMILES string of the molecule is O=c1[nH]c(-c2ncc(Br)cc2Br)nc(C2CC2)c1I. The Morgan fingerprint density at radius 1 is 1.37 bits per heavy atom. The van der Waals surface area contributed by atoms with Crippen LogP contribution >= 0.6 is 54.5 Å². The maximum Gasteiger partial charge on any atom is 0.264 e. The molecule has 0 spiro atoms. The van der Waals surface area contributed by atoms with Crippen LogP contribution in [-0.2, 0) is 0 Å². The molecule has 3 rings (SSSR count). The van der Waals surface area contributed by atoms with Crippen molar-refractivity contribution in [2.75, 3.05) is 0 Å². The maximum atomic E-state index is 12.0. The Labute approximate surface area is 139 Å². The number of hydrogen-bond acceptors (Lipinski definition) is 3. The largest absolute Gasteiger partial charge is 0.304 e. The van der Waals surface area contributed by atoms with Crippen LogP contribution in [0.25, 0.3) is 11.5 Å². The first kappa shape index (κ1) is 13.7. The standard InChI is InChI=1S/C12H8Br2IN3O/c13-6-3-7(14)10(16-4-6)11-17-9(5-1-2-5)8(15)12(19)18-11/h3-5H,1-2H2,(H,17,18,19). The second kappa shape index (κ2) is 5.25. The van der Waals surface area contributed by atoms with E-state index in [0.717, 1.165) is 27.5 Å². The molecule has 2 aromatic heterocycles. The lowest BCUT2D eigenvalue weighted by Crippen LogP contribution is -2.16. The summed E-state index contributed by atoms with van der Waals surface area (Å²) in [7, 11) is 0. The van der Waals surface area contributed by atoms with Crippen LogP contribution in [0.2, 0.25) is 0 Å². The molecule has 0 bridgehead atoms. The van der Waals surface area contributed by atoms with Gasteiger partial charge in [-0.05, 0) is 73.4 Å². The van der Waals surface area contributed by atoms with Gasteiger partial charge in [0.05, 0.1) is 5.69 Å². The highest BCUT2D eigenvalue weighted by Gasteiger charge is 2.29. The fraction of sp³-hybridized carbons (Fsp3) is 0.250. The molecule has 2 heterocycles. The van der Waals surface area contributed by atoms with Gasteiger partial charge in [-0.15, -0.1) is 0 Å². The summed E-state index contributed by atoms with van der Waals surface area (Å²) in [4.78, 5) is 23.7. The van der Waals surface area contributed by atoms with Crippen LogP contribution in [0.15, 0.2) is 26.0 Å². The highest BCUT2D eigenvalue weighted by atomic mass is 127. The summed E-state index contributed by atoms with van der Waals surface area (Å²) in [6.45, 7) is 0. The molecule has 1 N–H and O–H groups in total. The molecule has 0 unspecified atom stereocenters. The predicted molar refractivity (Wildman–Crippen MR) is 88.2 cm³/mol. The van der Waals surface area contributed by atoms with Gasteiger partial charge in [0.1, 0.15) is 9.26 Å². The van der Waals surface area contributed by atoms with Crippen LogP contribution < -0.4 is 5.56 Å². The normalized spacial score (nSPS) is 14.7. The molecule has 19 heavy (non-hydrogen) atoms. The summed E-state index contributed by atoms with van der Waals surface area (Å²) < 4.78 is 2.36. The van der Waals surface area contributed by atoms with E-state index in [9.17, 15) is 4.79 Å². The van der Waals surface area contributed by atoms with Gasteiger partial charge in [-0.25, -0.2) is 4.98 Å². The zero-order chi connectivity index (χ0) is 13.6. The number of rotatable bonds is 2. The smallest absolute Gasteiger partial charge is 0.264 e. The molecule has 98 valence electrons. The Bertz CT molecular complexity index is 713. The van der Waals surface area contributed by atoms with Crippen molar-refractivity contribution in [3.05, 3.63) is 40.8 Å². The first-order valence-electron chi connectivity index (χ1n) is 5.67. The molecule has 4 nitrogen and oxygen atoms in total. The van der Waals surface area contributed by atoms with Crippen molar-refractivity contribution in [3.8, 4) is 11.5 Å². The second-order valence-corrected chi connectivity index (χ2v) is 7.22. The summed E-state index contributed by atoms with van der Waals surface area (Å²) in [5.74, 6) is 0.953. The maximum absolute atomic E-state index is 12.0. The minimum atomic E-state index is -0.0934. The Morgan fingerprint density at radius 3 is 2.74 bits per heavy atom. The summed E-state index contributed by atoms with van der Waals surface area (Å²) in [5.41, 5.74) is 1.46. The van der Waals surface area contributed by atoms with E-state index in [1.165, 1.54) is 0 Å². The first-order valence-corrected chi connectivity index (χ1v) is 8.34. The third-order valence-electron chi connectivity index (χ3n) is 2.88. The van der Waals surface area contributed by atoms with Gasteiger partial charge in [0.15, 0.2) is 5.82 Å². The summed E-state index contributed by atoms with van der Waals surface area (Å²) in [5, 5.41) is 0. The Hall–Kier alpha value is -0.280. The molecule has 0 amide bonds. The van der Waals surface area contributed by atoms with Crippen LogP contribution in [0.1, 0.15) is 24.5 Å². The van der Waals surface area contributed by atoms with Crippen LogP contribution in [0.4, 0.5) is 0 Å². The molecule has 0 saturated heterocycles. The molecular weight excluding hydrogens is 489 g/mol. The van der Waals surface area contributed by atoms with Crippen LogP contribution in [-0.4, -0.2) is 15.0 Å². The van der Waals surface area contributed by atoms with Crippen molar-refractivity contribution in [2.45, 2.75) is 18.8 Å². The Kier molecular flexibility index (Phi) is 3.78. The van der Waals surface area contributed by atoms with Crippen molar-refractivity contribution in [3.63, 3.8) is 0 Å². The van der Waals surface area contributed by atoms with Gasteiger partial charge in [-0.1, -0.05) is 0 Å². The van der Waals surface area contributed by atoms with Gasteiger partial charge in [0, 0.05) is 21.1 Å². The fourth-order valence-corrected chi connectivity index (χ4v) is 3.68. The molecule has 1 aliphatic rings. The summed E-state index contributed by atoms with van der Waals surface area (Å²) in [6.07, 6.45) is 3.91. The van der Waals surface area contributed by atoms with Crippen LogP contribution in [0.5, 0.6) is 0 Å². The summed E-state index contributed by atoms with van der Waals surface area (Å²) in [6, 6.07) is 1.89. The van der Waals surface area contributed by atoms with Crippen molar-refractivity contribution in [1.29, 1.82) is 0 Å². The topological polar surface area (TPSA) is 58.6 Å². The van der Waals surface area contributed by atoms with Gasteiger partial charge >= 0.3 is 0 Å². The van der Waals surface area contributed by atoms with Crippen molar-refractivity contribution in [2.24, 2.45) is 0 Å². The number of H-pyrrole nitrogens is 1. The molecule has 0 aliphatic heterocycles. The zero-order valence-electron chi connectivity index (χ0n) is 9.58. The molecule has 7 heteroatoms. The second-order valence-electron chi connectivity index (χ2n) is 4.37. The average molecular weight is 497 g/mol. The zero-order valence-corrected chi connectivity index (χ0v) is 14.9. The van der Waals surface area contributed by atoms with Gasteiger partial charge in [-0.3, -0.25) is 9.78 Å². The molecule has 0 radical (unpaired) electrons. The molecule has 0 atom stereocenters. The van der Waals surface area contributed by atoms with Crippen LogP contribution in [0, 0.1) is 3.57 Å². The Morgan fingerprint density at radius 2 is 2.11 bits per heavy atom. The number of halogens is 3. The Balaban J connectivity index is 2.17. The van der Waals surface area contributed by atoms with E-state index in [0.29, 0.717) is 21.0 Å². The number of nitrogens with zero attached hydrogens (tertiary/aromatic N) is 2. The first-order chi connectivity index (χ1) is 9.06. The molecule has 1 aliphatic carbocycles. The lowest BCUT2D eigenvalue weighted by molar-refractivity contribution is 0.951. The average Bonchev–Trinajstić information content (AvgIpc) is 3.17. The number of nitrogens with one attached hydrogen (secondary N) is 1. The van der Waals surface area contributed by atoms with E-state index in [1.54, 1.807) is 6.20 Å². The number of aromatic amines is 1. The van der Waals surface area contributed by atoms with E-state index in [1.807, 2.05) is 6.07 Å². The third kappa shape index (κ3) is 2.78. The van der Waals surface area contributed by atoms with Crippen LogP contribution in [0.3, 0.4) is 0 Å². The van der Waals surface area contributed by atoms with E-state index in [2.05, 4.69) is 69.4 Å². The van der Waals surface area contributed by atoms with Crippen molar-refractivity contribution in [1.82, 2.24) is 15.0 Å². The highest BCUT2D eigenvalue weighted by molar-refractivity contribution is 14.1. The lowest BCUT2D eigenvalue weighted by Gasteiger charge is -2.07. The number of aromatic nitrogens is 3. The molecule has 0 aromatic carbocycles. The fourth-order valence-electron chi connectivity index (χ4n) is 1.80. The van der Waals surface area contributed by atoms with Gasteiger partial charge in [0.25, 0.3) is 5.56 Å². The van der Waals surface area contributed by atoms with Gasteiger partial charge in [-0.2, -0.15) is 0 Å². The quantitative estimate of drug-likeness (QED) is 0.643. The molecule has 1 saturated carbocycles. The van der Waals surface area contributed by atoms with E-state index >= 15 is 0 Å². The molecule has 1 fully saturated rings. The van der Waals surface area contributed by atoms with E-state index in [-0.39, 0.29) is 5.56 Å². The summed E-state index contributed by atoms with van der Waals surface area (Å²) >= 11 is 8.87. The van der Waals surface area contributed by atoms with Gasteiger partial charge < -0.3 is 4.98 Å². The number of pyridine rings is 1. The minimum Gasteiger partial charge on any atom is -0.304 e. The van der Waals surface area contributed by atoms with Crippen molar-refractivity contribution < 1.29 is 0 Å². The monoisotopic (exact) mass is 495 g/mol. The predicted octanol–water partition coefficient (Wildman–Crippen LogP) is 3.84. The van der Waals surface area contributed by atoms with E-state index in [4.69, 9.17) is 0 Å². The van der Waals surface area contributed by atoms with Gasteiger partial charge in [0.2, 0.25) is 0 Å².